The summed E-state index contributed by atoms with van der Waals surface area (Å²) in [6.45, 7) is 0. The lowest BCUT2D eigenvalue weighted by molar-refractivity contribution is -0.158. The molecule has 0 amide bonds. The standard InChI is InChI=1S/C13H15FO3/c14-10-4-6-11(7-5-10)17-13(12(15)16)8-2-1-3-9-13/h4-7H,1-3,8-9H2,(H,15,16). The van der Waals surface area contributed by atoms with Crippen molar-refractivity contribution in [2.45, 2.75) is 37.7 Å². The van der Waals surface area contributed by atoms with Crippen molar-refractivity contribution in [1.82, 2.24) is 0 Å². The molecular formula is C13H15FO3. The van der Waals surface area contributed by atoms with E-state index in [1.807, 2.05) is 0 Å². The van der Waals surface area contributed by atoms with E-state index in [2.05, 4.69) is 0 Å². The van der Waals surface area contributed by atoms with Crippen molar-refractivity contribution >= 4 is 5.97 Å². The summed E-state index contributed by atoms with van der Waals surface area (Å²) in [6, 6.07) is 5.48. The number of rotatable bonds is 3. The minimum absolute atomic E-state index is 0.356. The third kappa shape index (κ3) is 2.57. The van der Waals surface area contributed by atoms with Crippen molar-refractivity contribution in [3.8, 4) is 5.75 Å². The number of hydrogen-bond donors (Lipinski definition) is 1. The van der Waals surface area contributed by atoms with Crippen molar-refractivity contribution in [3.63, 3.8) is 0 Å². The zero-order valence-electron chi connectivity index (χ0n) is 9.49. The Labute approximate surface area is 99.2 Å². The second-order valence-electron chi connectivity index (χ2n) is 4.42. The summed E-state index contributed by atoms with van der Waals surface area (Å²) >= 11 is 0. The van der Waals surface area contributed by atoms with Gasteiger partial charge in [0.25, 0.3) is 0 Å². The average Bonchev–Trinajstić information content (AvgIpc) is 2.33. The minimum atomic E-state index is -1.13. The minimum Gasteiger partial charge on any atom is -0.478 e. The highest BCUT2D eigenvalue weighted by Gasteiger charge is 2.42. The van der Waals surface area contributed by atoms with Crippen LogP contribution in [0.5, 0.6) is 5.75 Å². The Bertz CT molecular complexity index is 394. The van der Waals surface area contributed by atoms with Crippen LogP contribution in [-0.4, -0.2) is 16.7 Å². The van der Waals surface area contributed by atoms with Crippen molar-refractivity contribution < 1.29 is 19.0 Å². The molecule has 0 atom stereocenters. The van der Waals surface area contributed by atoms with Gasteiger partial charge in [0.1, 0.15) is 11.6 Å². The molecule has 1 fully saturated rings. The number of halogens is 1. The first-order valence-corrected chi connectivity index (χ1v) is 5.80. The van der Waals surface area contributed by atoms with Crippen LogP contribution in [0.15, 0.2) is 24.3 Å². The van der Waals surface area contributed by atoms with Gasteiger partial charge in [-0.3, -0.25) is 0 Å². The SMILES string of the molecule is O=C(O)C1(Oc2ccc(F)cc2)CCCCC1. The van der Waals surface area contributed by atoms with Crippen LogP contribution >= 0.6 is 0 Å². The molecule has 17 heavy (non-hydrogen) atoms. The van der Waals surface area contributed by atoms with Gasteiger partial charge in [-0.1, -0.05) is 6.42 Å². The van der Waals surface area contributed by atoms with E-state index in [-0.39, 0.29) is 5.82 Å². The Morgan fingerprint density at radius 3 is 2.29 bits per heavy atom. The lowest BCUT2D eigenvalue weighted by Gasteiger charge is -2.33. The fourth-order valence-electron chi connectivity index (χ4n) is 2.21. The van der Waals surface area contributed by atoms with Crippen LogP contribution in [0.1, 0.15) is 32.1 Å². The predicted molar refractivity (Wildman–Crippen MR) is 60.5 cm³/mol. The van der Waals surface area contributed by atoms with Crippen LogP contribution in [0.3, 0.4) is 0 Å². The second kappa shape index (κ2) is 4.73. The molecule has 1 aliphatic carbocycles. The summed E-state index contributed by atoms with van der Waals surface area (Å²) in [5.74, 6) is -0.873. The van der Waals surface area contributed by atoms with Gasteiger partial charge in [0.15, 0.2) is 0 Å². The molecule has 2 rings (SSSR count). The fraction of sp³-hybridized carbons (Fsp3) is 0.462. The van der Waals surface area contributed by atoms with E-state index in [1.165, 1.54) is 24.3 Å². The van der Waals surface area contributed by atoms with Gasteiger partial charge in [0.05, 0.1) is 0 Å². The summed E-state index contributed by atoms with van der Waals surface area (Å²) in [4.78, 5) is 11.3. The monoisotopic (exact) mass is 238 g/mol. The molecule has 0 unspecified atom stereocenters. The highest BCUT2D eigenvalue weighted by atomic mass is 19.1. The number of carboxylic acids is 1. The highest BCUT2D eigenvalue weighted by Crippen LogP contribution is 2.33. The first kappa shape index (κ1) is 11.9. The Hall–Kier alpha value is -1.58. The van der Waals surface area contributed by atoms with E-state index in [0.717, 1.165) is 19.3 Å². The van der Waals surface area contributed by atoms with Crippen LogP contribution in [-0.2, 0) is 4.79 Å². The number of ether oxygens (including phenoxy) is 1. The normalized spacial score (nSPS) is 18.6. The Balaban J connectivity index is 2.17. The van der Waals surface area contributed by atoms with Gasteiger partial charge < -0.3 is 9.84 Å². The lowest BCUT2D eigenvalue weighted by atomic mass is 9.84. The number of aliphatic carboxylic acids is 1. The third-order valence-electron chi connectivity index (χ3n) is 3.18. The van der Waals surface area contributed by atoms with E-state index in [1.54, 1.807) is 0 Å². The summed E-state index contributed by atoms with van der Waals surface area (Å²) in [7, 11) is 0. The molecule has 0 aliphatic heterocycles. The zero-order chi connectivity index (χ0) is 12.3. The Morgan fingerprint density at radius 1 is 1.18 bits per heavy atom. The molecule has 1 aromatic rings. The molecule has 4 heteroatoms. The maximum Gasteiger partial charge on any atom is 0.348 e. The number of carboxylic acid groups (broad SMARTS) is 1. The van der Waals surface area contributed by atoms with Gasteiger partial charge in [0.2, 0.25) is 5.60 Å². The van der Waals surface area contributed by atoms with Crippen LogP contribution in [0.4, 0.5) is 4.39 Å². The van der Waals surface area contributed by atoms with Crippen molar-refractivity contribution in [2.24, 2.45) is 0 Å². The smallest absolute Gasteiger partial charge is 0.348 e. The van der Waals surface area contributed by atoms with Crippen molar-refractivity contribution in [2.75, 3.05) is 0 Å². The molecule has 0 radical (unpaired) electrons. The fourth-order valence-corrected chi connectivity index (χ4v) is 2.21. The predicted octanol–water partition coefficient (Wildman–Crippen LogP) is 2.99. The van der Waals surface area contributed by atoms with Gasteiger partial charge in [-0.25, -0.2) is 9.18 Å². The Morgan fingerprint density at radius 2 is 1.76 bits per heavy atom. The van der Waals surface area contributed by atoms with Gasteiger partial charge in [0, 0.05) is 0 Å². The van der Waals surface area contributed by atoms with E-state index >= 15 is 0 Å². The summed E-state index contributed by atoms with van der Waals surface area (Å²) in [5, 5.41) is 9.31. The van der Waals surface area contributed by atoms with Crippen LogP contribution in [0, 0.1) is 5.82 Å². The van der Waals surface area contributed by atoms with Crippen LogP contribution in [0.2, 0.25) is 0 Å². The molecule has 1 aliphatic rings. The van der Waals surface area contributed by atoms with Crippen molar-refractivity contribution in [3.05, 3.63) is 30.1 Å². The molecule has 0 aromatic heterocycles. The largest absolute Gasteiger partial charge is 0.478 e. The number of carbonyl (C=O) groups is 1. The molecule has 1 aromatic carbocycles. The van der Waals surface area contributed by atoms with Gasteiger partial charge in [-0.2, -0.15) is 0 Å². The average molecular weight is 238 g/mol. The van der Waals surface area contributed by atoms with E-state index in [9.17, 15) is 14.3 Å². The molecule has 0 bridgehead atoms. The van der Waals surface area contributed by atoms with Crippen LogP contribution in [0.25, 0.3) is 0 Å². The molecule has 0 saturated heterocycles. The van der Waals surface area contributed by atoms with Crippen molar-refractivity contribution in [1.29, 1.82) is 0 Å². The topological polar surface area (TPSA) is 46.5 Å². The first-order chi connectivity index (χ1) is 8.12. The summed E-state index contributed by atoms with van der Waals surface area (Å²) in [5.41, 5.74) is -1.13. The highest BCUT2D eigenvalue weighted by molar-refractivity contribution is 5.78. The van der Waals surface area contributed by atoms with Gasteiger partial charge in [-0.15, -0.1) is 0 Å². The van der Waals surface area contributed by atoms with Gasteiger partial charge >= 0.3 is 5.97 Å². The second-order valence-corrected chi connectivity index (χ2v) is 4.42. The number of benzene rings is 1. The molecule has 92 valence electrons. The van der Waals surface area contributed by atoms with E-state index in [0.29, 0.717) is 18.6 Å². The first-order valence-electron chi connectivity index (χ1n) is 5.80. The van der Waals surface area contributed by atoms with E-state index < -0.39 is 11.6 Å². The maximum atomic E-state index is 12.7. The lowest BCUT2D eigenvalue weighted by Crippen LogP contribution is -2.46. The molecule has 0 spiro atoms. The zero-order valence-corrected chi connectivity index (χ0v) is 9.49. The van der Waals surface area contributed by atoms with E-state index in [4.69, 9.17) is 4.74 Å². The quantitative estimate of drug-likeness (QED) is 0.880. The number of hydrogen-bond acceptors (Lipinski definition) is 2. The summed E-state index contributed by atoms with van der Waals surface area (Å²) in [6.07, 6.45) is 3.78. The van der Waals surface area contributed by atoms with Crippen LogP contribution < -0.4 is 4.74 Å². The maximum absolute atomic E-state index is 12.7. The van der Waals surface area contributed by atoms with Gasteiger partial charge in [-0.05, 0) is 49.9 Å². The Kier molecular flexibility index (Phi) is 3.31. The molecule has 1 saturated carbocycles. The molecular weight excluding hydrogens is 223 g/mol. The molecule has 1 N–H and O–H groups in total. The molecule has 3 nitrogen and oxygen atoms in total. The summed E-state index contributed by atoms with van der Waals surface area (Å²) < 4.78 is 18.3. The molecule has 0 heterocycles. The third-order valence-corrected chi connectivity index (χ3v) is 3.18.